The fraction of sp³-hybridized carbons (Fsp3) is 0.0909. The number of aromatic nitrogens is 4. The largest absolute Gasteiger partial charge is 0.417 e. The van der Waals surface area contributed by atoms with Gasteiger partial charge in [0.25, 0.3) is 0 Å². The monoisotopic (exact) mass is 424 g/mol. The van der Waals surface area contributed by atoms with Crippen LogP contribution in [0.3, 0.4) is 0 Å². The summed E-state index contributed by atoms with van der Waals surface area (Å²) >= 11 is 1.44. The van der Waals surface area contributed by atoms with Gasteiger partial charge in [-0.3, -0.25) is 0 Å². The Bertz CT molecular complexity index is 747. The first-order chi connectivity index (χ1) is 10.3. The molecule has 6 nitrogen and oxygen atoms in total. The average Bonchev–Trinajstić information content (AvgIpc) is 2.95. The fourth-order valence-corrected chi connectivity index (χ4v) is 2.25. The third-order valence-electron chi connectivity index (χ3n) is 2.42. The van der Waals surface area contributed by atoms with Crippen LogP contribution in [0.15, 0.2) is 18.3 Å². The molecule has 11 heteroatoms. The molecule has 0 aliphatic carbocycles. The number of nitrogens with zero attached hydrogens (tertiary/aromatic N) is 4. The number of nitriles is 1. The minimum absolute atomic E-state index is 0.0440. The fourth-order valence-electron chi connectivity index (χ4n) is 1.47. The molecule has 0 aliphatic heterocycles. The molecule has 2 N–H and O–H groups in total. The van der Waals surface area contributed by atoms with Gasteiger partial charge in [0.05, 0.1) is 11.3 Å². The molecule has 0 saturated carbocycles. The summed E-state index contributed by atoms with van der Waals surface area (Å²) in [6.07, 6.45) is -3.62. The molecule has 0 amide bonds. The van der Waals surface area contributed by atoms with Crippen molar-refractivity contribution >= 4 is 33.9 Å². The Morgan fingerprint density at radius 1 is 1.41 bits per heavy atom. The van der Waals surface area contributed by atoms with E-state index in [1.54, 1.807) is 6.07 Å². The summed E-state index contributed by atoms with van der Waals surface area (Å²) in [6, 6.07) is 3.04. The minimum atomic E-state index is -4.69. The molecule has 0 bridgehead atoms. The van der Waals surface area contributed by atoms with Crippen LogP contribution in [0.25, 0.3) is 5.57 Å². The second kappa shape index (κ2) is 6.26. The van der Waals surface area contributed by atoms with E-state index in [4.69, 9.17) is 5.26 Å². The van der Waals surface area contributed by atoms with Gasteiger partial charge in [-0.1, -0.05) is 0 Å². The van der Waals surface area contributed by atoms with Crippen molar-refractivity contribution in [1.82, 2.24) is 20.6 Å². The molecular formula is C11H5F4IN6. The highest BCUT2D eigenvalue weighted by Crippen LogP contribution is 2.36. The van der Waals surface area contributed by atoms with Crippen molar-refractivity contribution in [2.45, 2.75) is 6.18 Å². The molecule has 22 heavy (non-hydrogen) atoms. The van der Waals surface area contributed by atoms with Gasteiger partial charge in [-0.25, -0.2) is 4.39 Å². The van der Waals surface area contributed by atoms with Crippen molar-refractivity contribution in [1.29, 1.82) is 5.26 Å². The molecule has 1 heterocycles. The second-order valence-corrected chi connectivity index (χ2v) is 4.94. The number of aromatic amines is 1. The topological polar surface area (TPSA) is 90.3 Å². The molecule has 1 aromatic carbocycles. The Morgan fingerprint density at radius 2 is 2.14 bits per heavy atom. The van der Waals surface area contributed by atoms with E-state index in [9.17, 15) is 17.6 Å². The molecule has 0 saturated heterocycles. The first kappa shape index (κ1) is 16.1. The highest BCUT2D eigenvalue weighted by Gasteiger charge is 2.34. The summed E-state index contributed by atoms with van der Waals surface area (Å²) < 4.78 is 51.5. The highest BCUT2D eigenvalue weighted by molar-refractivity contribution is 14.1. The van der Waals surface area contributed by atoms with Crippen LogP contribution < -0.4 is 5.32 Å². The van der Waals surface area contributed by atoms with Crippen molar-refractivity contribution < 1.29 is 17.6 Å². The van der Waals surface area contributed by atoms with Crippen molar-refractivity contribution in [3.05, 3.63) is 39.1 Å². The smallest absolute Gasteiger partial charge is 0.359 e. The number of nitrogens with one attached hydrogen (secondary N) is 2. The number of alkyl halides is 3. The van der Waals surface area contributed by atoms with Crippen LogP contribution in [-0.4, -0.2) is 20.6 Å². The molecular weight excluding hydrogens is 419 g/mol. The molecule has 2 aromatic rings. The van der Waals surface area contributed by atoms with E-state index in [2.05, 4.69) is 25.9 Å². The Kier molecular flexibility index (Phi) is 4.59. The molecule has 0 unspecified atom stereocenters. The Balaban J connectivity index is 2.38. The standard InChI is InChI=1S/C11H5F4IN6/c12-6-1-7(11(13,14)15)9(16)8(2-6)18-4-5(3-17)10-19-21-22-20-10/h1-2,4,18H,(H,19,20,21,22). The maximum atomic E-state index is 13.3. The van der Waals surface area contributed by atoms with Gasteiger partial charge in [-0.15, -0.1) is 10.2 Å². The number of benzene rings is 1. The van der Waals surface area contributed by atoms with Crippen LogP contribution in [0.5, 0.6) is 0 Å². The van der Waals surface area contributed by atoms with E-state index < -0.39 is 17.6 Å². The number of H-pyrrole nitrogens is 1. The van der Waals surface area contributed by atoms with E-state index in [1.807, 2.05) is 0 Å². The van der Waals surface area contributed by atoms with Crippen LogP contribution in [0, 0.1) is 20.7 Å². The first-order valence-corrected chi connectivity index (χ1v) is 6.57. The number of anilines is 1. The van der Waals surface area contributed by atoms with E-state index in [1.165, 1.54) is 22.6 Å². The molecule has 0 fully saturated rings. The van der Waals surface area contributed by atoms with Crippen molar-refractivity contribution in [3.63, 3.8) is 0 Å². The van der Waals surface area contributed by atoms with Gasteiger partial charge in [-0.2, -0.15) is 23.6 Å². The van der Waals surface area contributed by atoms with E-state index in [0.717, 1.165) is 12.3 Å². The average molecular weight is 424 g/mol. The maximum Gasteiger partial charge on any atom is 0.417 e. The Hall–Kier alpha value is -2.23. The van der Waals surface area contributed by atoms with Gasteiger partial charge >= 0.3 is 6.18 Å². The zero-order chi connectivity index (χ0) is 16.3. The van der Waals surface area contributed by atoms with Crippen molar-refractivity contribution in [3.8, 4) is 6.07 Å². The van der Waals surface area contributed by atoms with Crippen molar-refractivity contribution in [2.75, 3.05) is 5.32 Å². The Labute approximate surface area is 134 Å². The van der Waals surface area contributed by atoms with E-state index in [-0.39, 0.29) is 20.7 Å². The van der Waals surface area contributed by atoms with Crippen LogP contribution in [-0.2, 0) is 6.18 Å². The van der Waals surface area contributed by atoms with Gasteiger partial charge in [0.1, 0.15) is 17.5 Å². The number of halogens is 5. The lowest BCUT2D eigenvalue weighted by Crippen LogP contribution is -2.10. The predicted octanol–water partition coefficient (Wildman–Crippen LogP) is 2.94. The summed E-state index contributed by atoms with van der Waals surface area (Å²) in [6.45, 7) is 0. The van der Waals surface area contributed by atoms with Gasteiger partial charge in [-0.05, 0) is 39.9 Å². The number of hydrogen-bond donors (Lipinski definition) is 2. The SMILES string of the molecule is N#CC(=CNc1cc(F)cc(C(F)(F)F)c1I)c1nn[nH]n1. The van der Waals surface area contributed by atoms with E-state index >= 15 is 0 Å². The zero-order valence-corrected chi connectivity index (χ0v) is 12.6. The second-order valence-electron chi connectivity index (χ2n) is 3.86. The summed E-state index contributed by atoms with van der Waals surface area (Å²) in [4.78, 5) is 0. The van der Waals surface area contributed by atoms with Crippen LogP contribution in [0.1, 0.15) is 11.4 Å². The molecule has 0 aliphatic rings. The molecule has 0 spiro atoms. The van der Waals surface area contributed by atoms with Crippen molar-refractivity contribution in [2.24, 2.45) is 0 Å². The summed E-state index contributed by atoms with van der Waals surface area (Å²) in [5, 5.41) is 23.9. The van der Waals surface area contributed by atoms with Gasteiger partial charge < -0.3 is 5.32 Å². The van der Waals surface area contributed by atoms with Gasteiger partial charge in [0.15, 0.2) is 0 Å². The normalized spacial score (nSPS) is 12.1. The molecule has 0 atom stereocenters. The van der Waals surface area contributed by atoms with Crippen LogP contribution >= 0.6 is 22.6 Å². The van der Waals surface area contributed by atoms with E-state index in [0.29, 0.717) is 6.07 Å². The predicted molar refractivity (Wildman–Crippen MR) is 75.5 cm³/mol. The van der Waals surface area contributed by atoms with Crippen LogP contribution in [0.2, 0.25) is 0 Å². The lowest BCUT2D eigenvalue weighted by atomic mass is 10.2. The summed E-state index contributed by atoms with van der Waals surface area (Å²) in [5.41, 5.74) is -1.33. The quantitative estimate of drug-likeness (QED) is 0.450. The molecule has 2 rings (SSSR count). The van der Waals surface area contributed by atoms with Gasteiger partial charge in [0.2, 0.25) is 5.82 Å². The third kappa shape index (κ3) is 3.50. The third-order valence-corrected chi connectivity index (χ3v) is 3.58. The van der Waals surface area contributed by atoms with Crippen LogP contribution in [0.4, 0.5) is 23.2 Å². The number of allylic oxidation sites excluding steroid dienone is 1. The number of tetrazole rings is 1. The molecule has 0 radical (unpaired) electrons. The summed E-state index contributed by atoms with van der Waals surface area (Å²) in [7, 11) is 0. The molecule has 1 aromatic heterocycles. The lowest BCUT2D eigenvalue weighted by Gasteiger charge is -2.13. The van der Waals surface area contributed by atoms with Gasteiger partial charge in [0, 0.05) is 9.77 Å². The number of rotatable bonds is 3. The minimum Gasteiger partial charge on any atom is -0.359 e. The lowest BCUT2D eigenvalue weighted by molar-refractivity contribution is -0.138. The Morgan fingerprint density at radius 3 is 2.68 bits per heavy atom. The number of hydrogen-bond acceptors (Lipinski definition) is 5. The molecule has 114 valence electrons. The maximum absolute atomic E-state index is 13.3. The summed E-state index contributed by atoms with van der Waals surface area (Å²) in [5.74, 6) is -1.10. The highest BCUT2D eigenvalue weighted by atomic mass is 127. The zero-order valence-electron chi connectivity index (χ0n) is 10.4. The first-order valence-electron chi connectivity index (χ1n) is 5.49.